The maximum atomic E-state index is 7.21. The maximum absolute atomic E-state index is 7.21. The van der Waals surface area contributed by atoms with E-state index in [1.165, 1.54) is 4.97 Å². The van der Waals surface area contributed by atoms with Crippen LogP contribution in [0.2, 0.25) is 0 Å². The van der Waals surface area contributed by atoms with Crippen molar-refractivity contribution in [3.8, 4) is 4.97 Å². The third-order valence-electron chi connectivity index (χ3n) is 0. The Morgan fingerprint density at radius 2 is 1.60 bits per heavy atom. The molecule has 4 heteroatoms. The van der Waals surface area contributed by atoms with Crippen LogP contribution in [0.3, 0.4) is 0 Å². The Labute approximate surface area is 112 Å². The molecule has 0 saturated carbocycles. The van der Waals surface area contributed by atoms with Gasteiger partial charge in [-0.25, -0.2) is 0 Å². The van der Waals surface area contributed by atoms with Crippen molar-refractivity contribution in [3.05, 3.63) is 0 Å². The SMILES string of the molecule is N#[C][Fe].[CaH2].[KH]. The molecule has 0 unspecified atom stereocenters. The van der Waals surface area contributed by atoms with Crippen molar-refractivity contribution >= 4 is 89.1 Å². The standard InChI is InChI=1S/CN.Ca.Fe.K.3H/c1-2;;;;;;. The second-order valence-corrected chi connectivity index (χ2v) is 0.326. The second kappa shape index (κ2) is 15.8. The number of nitriles is 1. The molecule has 0 aliphatic rings. The molecule has 0 aliphatic heterocycles. The molecule has 0 amide bonds. The van der Waals surface area contributed by atoms with Crippen LogP contribution in [0.15, 0.2) is 0 Å². The molecule has 0 fully saturated rings. The number of nitrogens with zero attached hydrogens (tertiary/aromatic N) is 1. The molecular weight excluding hydrogens is 161 g/mol. The molecular formula is CH3CaFeKN. The predicted molar refractivity (Wildman–Crippen MR) is 21.3 cm³/mol. The molecule has 0 rings (SSSR count). The number of rotatable bonds is 0. The molecule has 1 nitrogen and oxygen atoms in total. The van der Waals surface area contributed by atoms with Crippen LogP contribution in [0.5, 0.6) is 0 Å². The van der Waals surface area contributed by atoms with E-state index in [0.717, 1.165) is 0 Å². The van der Waals surface area contributed by atoms with Crippen molar-refractivity contribution in [2.45, 2.75) is 0 Å². The van der Waals surface area contributed by atoms with E-state index in [4.69, 9.17) is 5.26 Å². The van der Waals surface area contributed by atoms with Crippen molar-refractivity contribution in [2.75, 3.05) is 0 Å². The average molecular weight is 164 g/mol. The Morgan fingerprint density at radius 3 is 1.60 bits per heavy atom. The number of hydrogen-bond donors (Lipinski definition) is 0. The normalized spacial score (nSPS) is 1.60. The van der Waals surface area contributed by atoms with Crippen molar-refractivity contribution in [2.24, 2.45) is 0 Å². The summed E-state index contributed by atoms with van der Waals surface area (Å²) in [5, 5.41) is 7.21. The van der Waals surface area contributed by atoms with Gasteiger partial charge in [-0.15, -0.1) is 0 Å². The fourth-order valence-corrected chi connectivity index (χ4v) is 0. The Kier molecular flexibility index (Phi) is 49.5. The van der Waals surface area contributed by atoms with Gasteiger partial charge in [-0.1, -0.05) is 0 Å². The van der Waals surface area contributed by atoms with Crippen molar-refractivity contribution in [3.63, 3.8) is 0 Å². The Hall–Kier alpha value is 2.91. The first-order valence-corrected chi connectivity index (χ1v) is 0.952. The van der Waals surface area contributed by atoms with Gasteiger partial charge in [0.15, 0.2) is 0 Å². The Morgan fingerprint density at radius 1 is 1.60 bits per heavy atom. The van der Waals surface area contributed by atoms with Gasteiger partial charge in [0, 0.05) is 0 Å². The zero-order valence-electron chi connectivity index (χ0n) is 1.30. The molecule has 0 heterocycles. The van der Waals surface area contributed by atoms with Crippen LogP contribution in [-0.4, -0.2) is 89.1 Å². The van der Waals surface area contributed by atoms with E-state index in [2.05, 4.69) is 16.0 Å². The molecule has 0 spiro atoms. The van der Waals surface area contributed by atoms with Crippen LogP contribution in [-0.2, 0) is 16.0 Å². The molecule has 23 valence electrons. The van der Waals surface area contributed by atoms with Gasteiger partial charge in [-0.05, 0) is 0 Å². The van der Waals surface area contributed by atoms with Gasteiger partial charge in [0.1, 0.15) is 0 Å². The van der Waals surface area contributed by atoms with Crippen LogP contribution in [0.25, 0.3) is 0 Å². The fraction of sp³-hybridized carbons (Fsp3) is 0. The first kappa shape index (κ1) is 15.7. The van der Waals surface area contributed by atoms with E-state index in [-0.39, 0.29) is 89.1 Å². The summed E-state index contributed by atoms with van der Waals surface area (Å²) in [6.45, 7) is 0. The minimum atomic E-state index is 0. The van der Waals surface area contributed by atoms with Gasteiger partial charge in [-0.3, -0.25) is 0 Å². The van der Waals surface area contributed by atoms with E-state index in [1.54, 1.807) is 0 Å². The molecule has 0 aromatic rings. The monoisotopic (exact) mass is 164 g/mol. The van der Waals surface area contributed by atoms with Crippen LogP contribution in [0.4, 0.5) is 0 Å². The second-order valence-electron chi connectivity index (χ2n) is 0.0791. The van der Waals surface area contributed by atoms with E-state index in [1.807, 2.05) is 0 Å². The van der Waals surface area contributed by atoms with Crippen LogP contribution in [0.1, 0.15) is 0 Å². The zero-order valence-corrected chi connectivity index (χ0v) is 2.40. The van der Waals surface area contributed by atoms with Gasteiger partial charge >= 0.3 is 115 Å². The van der Waals surface area contributed by atoms with Crippen molar-refractivity contribution < 1.29 is 16.0 Å². The predicted octanol–water partition coefficient (Wildman–Crippen LogP) is -1.55. The summed E-state index contributed by atoms with van der Waals surface area (Å²) in [6.07, 6.45) is 0. The molecule has 0 radical (unpaired) electrons. The molecule has 0 saturated heterocycles. The summed E-state index contributed by atoms with van der Waals surface area (Å²) in [4.78, 5) is 1.50. The van der Waals surface area contributed by atoms with Gasteiger partial charge in [0.25, 0.3) is 0 Å². The van der Waals surface area contributed by atoms with Crippen LogP contribution >= 0.6 is 0 Å². The Balaban J connectivity index is -0.0000000200. The number of hydrogen-bond acceptors (Lipinski definition) is 1. The van der Waals surface area contributed by atoms with E-state index < -0.39 is 0 Å². The molecule has 0 atom stereocenters. The van der Waals surface area contributed by atoms with E-state index in [9.17, 15) is 0 Å². The molecule has 0 aromatic heterocycles. The van der Waals surface area contributed by atoms with Crippen LogP contribution < -0.4 is 0 Å². The third kappa shape index (κ3) is 19.7. The van der Waals surface area contributed by atoms with Gasteiger partial charge in [0.05, 0.1) is 0 Å². The van der Waals surface area contributed by atoms with Crippen LogP contribution in [0, 0.1) is 10.2 Å². The van der Waals surface area contributed by atoms with Crippen molar-refractivity contribution in [1.29, 1.82) is 5.26 Å². The molecule has 0 aromatic carbocycles. The summed E-state index contributed by atoms with van der Waals surface area (Å²) in [5.74, 6) is 0. The molecule has 0 aliphatic carbocycles. The molecule has 0 bridgehead atoms. The Bertz CT molecular complexity index is 33.1. The first-order valence-electron chi connectivity index (χ1n) is 0.400. The summed E-state index contributed by atoms with van der Waals surface area (Å²) in [6, 6.07) is 0. The average Bonchev–Trinajstić information content (AvgIpc) is 0.918. The molecule has 5 heavy (non-hydrogen) atoms. The van der Waals surface area contributed by atoms with E-state index in [0.29, 0.717) is 0 Å². The topological polar surface area (TPSA) is 23.8 Å². The zero-order chi connectivity index (χ0) is 2.71. The summed E-state index contributed by atoms with van der Waals surface area (Å²) in [7, 11) is 0. The summed E-state index contributed by atoms with van der Waals surface area (Å²) >= 11 is 2.79. The van der Waals surface area contributed by atoms with Crippen molar-refractivity contribution in [1.82, 2.24) is 0 Å². The summed E-state index contributed by atoms with van der Waals surface area (Å²) in [5.41, 5.74) is 0. The first-order chi connectivity index (χ1) is 1.41. The van der Waals surface area contributed by atoms with Gasteiger partial charge in [0.2, 0.25) is 0 Å². The fourth-order valence-electron chi connectivity index (χ4n) is 0. The van der Waals surface area contributed by atoms with Gasteiger partial charge < -0.3 is 0 Å². The molecule has 0 N–H and O–H groups in total. The quantitative estimate of drug-likeness (QED) is 0.397. The summed E-state index contributed by atoms with van der Waals surface area (Å²) < 4.78 is 0. The minimum absolute atomic E-state index is 0. The third-order valence-corrected chi connectivity index (χ3v) is 0. The van der Waals surface area contributed by atoms with Gasteiger partial charge in [-0.2, -0.15) is 0 Å². The van der Waals surface area contributed by atoms with E-state index >= 15 is 0 Å².